The molecule has 0 aliphatic heterocycles. The molecule has 0 bridgehead atoms. The molecular formula is C10H16F4N4. The fourth-order valence-electron chi connectivity index (χ4n) is 1.43. The van der Waals surface area contributed by atoms with Crippen molar-refractivity contribution in [1.82, 2.24) is 9.78 Å². The Hall–Kier alpha value is -1.47. The number of nitrogens with two attached hydrogens (primary N) is 1. The van der Waals surface area contributed by atoms with Crippen LogP contribution in [0.2, 0.25) is 0 Å². The van der Waals surface area contributed by atoms with Crippen LogP contribution < -0.4 is 11.1 Å². The van der Waals surface area contributed by atoms with E-state index in [4.69, 9.17) is 5.73 Å². The molecule has 1 aromatic rings. The minimum Gasteiger partial charge on any atom is -0.394 e. The number of hydrogen-bond acceptors (Lipinski definition) is 3. The molecule has 104 valence electrons. The van der Waals surface area contributed by atoms with Crippen molar-refractivity contribution in [3.8, 4) is 0 Å². The van der Waals surface area contributed by atoms with Crippen LogP contribution in [0.1, 0.15) is 19.0 Å². The summed E-state index contributed by atoms with van der Waals surface area (Å²) in [6, 6.07) is 0. The van der Waals surface area contributed by atoms with Gasteiger partial charge in [0, 0.05) is 6.54 Å². The summed E-state index contributed by atoms with van der Waals surface area (Å²) in [5.74, 6) is -3.93. The number of anilines is 2. The van der Waals surface area contributed by atoms with Crippen molar-refractivity contribution in [3.63, 3.8) is 0 Å². The number of nitrogens with zero attached hydrogens (tertiary/aromatic N) is 2. The Morgan fingerprint density at radius 3 is 2.56 bits per heavy atom. The van der Waals surface area contributed by atoms with Gasteiger partial charge in [0.1, 0.15) is 5.82 Å². The second-order valence-electron chi connectivity index (χ2n) is 3.99. The number of rotatable bonds is 6. The first-order chi connectivity index (χ1) is 8.29. The Bertz CT molecular complexity index is 403. The van der Waals surface area contributed by atoms with Crippen LogP contribution in [-0.2, 0) is 6.54 Å². The zero-order chi connectivity index (χ0) is 13.9. The van der Waals surface area contributed by atoms with Gasteiger partial charge in [-0.1, -0.05) is 6.92 Å². The summed E-state index contributed by atoms with van der Waals surface area (Å²) in [7, 11) is 0. The third kappa shape index (κ3) is 3.05. The standard InChI is InChI=1S/C10H16F4N4/c1-3-4-18-8(7(15)6(2)17-18)16-5-10(13,14)9(11)12/h9,16H,3-5,15H2,1-2H3. The van der Waals surface area contributed by atoms with E-state index in [0.29, 0.717) is 12.2 Å². The molecule has 3 N–H and O–H groups in total. The number of aryl methyl sites for hydroxylation is 2. The number of nitrogens with one attached hydrogen (secondary N) is 1. The number of halogens is 4. The van der Waals surface area contributed by atoms with E-state index in [2.05, 4.69) is 10.4 Å². The van der Waals surface area contributed by atoms with Crippen molar-refractivity contribution in [2.24, 2.45) is 0 Å². The maximum Gasteiger partial charge on any atom is 0.324 e. The summed E-state index contributed by atoms with van der Waals surface area (Å²) < 4.78 is 51.1. The zero-order valence-electron chi connectivity index (χ0n) is 10.2. The molecule has 0 saturated carbocycles. The monoisotopic (exact) mass is 268 g/mol. The molecule has 1 aromatic heterocycles. The molecule has 0 atom stereocenters. The molecule has 0 unspecified atom stereocenters. The summed E-state index contributed by atoms with van der Waals surface area (Å²) in [5.41, 5.74) is 6.34. The Labute approximate surface area is 102 Å². The third-order valence-electron chi connectivity index (χ3n) is 2.42. The maximum absolute atomic E-state index is 12.8. The third-order valence-corrected chi connectivity index (χ3v) is 2.42. The molecule has 1 rings (SSSR count). The van der Waals surface area contributed by atoms with E-state index in [-0.39, 0.29) is 11.5 Å². The molecule has 0 fully saturated rings. The lowest BCUT2D eigenvalue weighted by Crippen LogP contribution is -2.35. The molecule has 0 amide bonds. The molecule has 8 heteroatoms. The van der Waals surface area contributed by atoms with Gasteiger partial charge in [-0.15, -0.1) is 0 Å². The molecule has 1 heterocycles. The number of hydrogen-bond donors (Lipinski definition) is 2. The Morgan fingerprint density at radius 2 is 2.06 bits per heavy atom. The van der Waals surface area contributed by atoms with Crippen LogP contribution in [-0.4, -0.2) is 28.7 Å². The van der Waals surface area contributed by atoms with Gasteiger partial charge in [0.15, 0.2) is 0 Å². The van der Waals surface area contributed by atoms with Crippen LogP contribution in [0.25, 0.3) is 0 Å². The molecule has 0 aliphatic rings. The van der Waals surface area contributed by atoms with Crippen LogP contribution in [0, 0.1) is 6.92 Å². The lowest BCUT2D eigenvalue weighted by atomic mass is 10.3. The van der Waals surface area contributed by atoms with Gasteiger partial charge in [0.25, 0.3) is 0 Å². The fraction of sp³-hybridized carbons (Fsp3) is 0.700. The van der Waals surface area contributed by atoms with E-state index in [9.17, 15) is 17.6 Å². The van der Waals surface area contributed by atoms with Crippen LogP contribution in [0.3, 0.4) is 0 Å². The van der Waals surface area contributed by atoms with Gasteiger partial charge < -0.3 is 11.1 Å². The largest absolute Gasteiger partial charge is 0.394 e. The maximum atomic E-state index is 12.8. The molecule has 18 heavy (non-hydrogen) atoms. The van der Waals surface area contributed by atoms with E-state index in [1.165, 1.54) is 4.68 Å². The first-order valence-electron chi connectivity index (χ1n) is 5.52. The lowest BCUT2D eigenvalue weighted by Gasteiger charge is -2.17. The molecule has 0 saturated heterocycles. The Morgan fingerprint density at radius 1 is 1.44 bits per heavy atom. The zero-order valence-corrected chi connectivity index (χ0v) is 10.2. The average molecular weight is 268 g/mol. The summed E-state index contributed by atoms with van der Waals surface area (Å²) in [6.45, 7) is 2.80. The van der Waals surface area contributed by atoms with Gasteiger partial charge in [-0.3, -0.25) is 0 Å². The van der Waals surface area contributed by atoms with Gasteiger partial charge in [0.2, 0.25) is 0 Å². The van der Waals surface area contributed by atoms with E-state index in [0.717, 1.165) is 6.42 Å². The summed E-state index contributed by atoms with van der Waals surface area (Å²) in [5, 5.41) is 6.30. The number of alkyl halides is 4. The van der Waals surface area contributed by atoms with Crippen LogP contribution in [0.5, 0.6) is 0 Å². The summed E-state index contributed by atoms with van der Waals surface area (Å²) >= 11 is 0. The highest BCUT2D eigenvalue weighted by Crippen LogP contribution is 2.27. The van der Waals surface area contributed by atoms with Crippen LogP contribution in [0.4, 0.5) is 29.1 Å². The average Bonchev–Trinajstić information content (AvgIpc) is 2.53. The van der Waals surface area contributed by atoms with Gasteiger partial charge >= 0.3 is 12.3 Å². The highest BCUT2D eigenvalue weighted by Gasteiger charge is 2.40. The summed E-state index contributed by atoms with van der Waals surface area (Å²) in [4.78, 5) is 0. The van der Waals surface area contributed by atoms with Crippen molar-refractivity contribution in [1.29, 1.82) is 0 Å². The van der Waals surface area contributed by atoms with Gasteiger partial charge in [-0.25, -0.2) is 13.5 Å². The van der Waals surface area contributed by atoms with Crippen molar-refractivity contribution < 1.29 is 17.6 Å². The molecule has 4 nitrogen and oxygen atoms in total. The fourth-order valence-corrected chi connectivity index (χ4v) is 1.43. The van der Waals surface area contributed by atoms with Crippen LogP contribution in [0.15, 0.2) is 0 Å². The summed E-state index contributed by atoms with van der Waals surface area (Å²) in [6.07, 6.45) is -2.99. The van der Waals surface area contributed by atoms with E-state index >= 15 is 0 Å². The minimum absolute atomic E-state index is 0.162. The molecule has 0 aliphatic carbocycles. The minimum atomic E-state index is -4.10. The first kappa shape index (κ1) is 14.6. The second-order valence-corrected chi connectivity index (χ2v) is 3.99. The Kier molecular flexibility index (Phi) is 4.42. The highest BCUT2D eigenvalue weighted by molar-refractivity contribution is 5.64. The van der Waals surface area contributed by atoms with Crippen LogP contribution >= 0.6 is 0 Å². The number of aromatic nitrogens is 2. The molecule has 0 radical (unpaired) electrons. The lowest BCUT2D eigenvalue weighted by molar-refractivity contribution is -0.117. The number of nitrogen functional groups attached to an aromatic ring is 1. The van der Waals surface area contributed by atoms with E-state index in [1.54, 1.807) is 6.92 Å². The van der Waals surface area contributed by atoms with Crippen molar-refractivity contribution >= 4 is 11.5 Å². The Balaban J connectivity index is 2.84. The highest BCUT2D eigenvalue weighted by atomic mass is 19.3. The first-order valence-corrected chi connectivity index (χ1v) is 5.52. The molecule has 0 aromatic carbocycles. The second kappa shape index (κ2) is 5.45. The van der Waals surface area contributed by atoms with Gasteiger partial charge in [0.05, 0.1) is 17.9 Å². The normalized spacial score (nSPS) is 12.2. The van der Waals surface area contributed by atoms with Crippen molar-refractivity contribution in [2.75, 3.05) is 17.6 Å². The predicted octanol–water partition coefficient (Wildman–Crippen LogP) is 2.50. The molecular weight excluding hydrogens is 252 g/mol. The van der Waals surface area contributed by atoms with Gasteiger partial charge in [-0.05, 0) is 13.3 Å². The predicted molar refractivity (Wildman–Crippen MR) is 61.1 cm³/mol. The smallest absolute Gasteiger partial charge is 0.324 e. The quantitative estimate of drug-likeness (QED) is 0.779. The SMILES string of the molecule is CCCn1nc(C)c(N)c1NCC(F)(F)C(F)F. The van der Waals surface area contributed by atoms with Crippen molar-refractivity contribution in [3.05, 3.63) is 5.69 Å². The topological polar surface area (TPSA) is 55.9 Å². The molecule has 0 spiro atoms. The van der Waals surface area contributed by atoms with Crippen molar-refractivity contribution in [2.45, 2.75) is 39.2 Å². The van der Waals surface area contributed by atoms with E-state index in [1.807, 2.05) is 6.92 Å². The van der Waals surface area contributed by atoms with E-state index < -0.39 is 18.9 Å². The van der Waals surface area contributed by atoms with Gasteiger partial charge in [-0.2, -0.15) is 13.9 Å².